The molecule has 0 N–H and O–H groups in total. The second-order valence-electron chi connectivity index (χ2n) is 3.12. The molecule has 84 valence electrons. The Hall–Kier alpha value is -0.910. The maximum atomic E-state index is 10.8. The SMILES string of the molecule is CO[C@@H](COS(C)(=O)=O)c1ccccc1. The summed E-state index contributed by atoms with van der Waals surface area (Å²) in [5.74, 6) is 0. The highest BCUT2D eigenvalue weighted by atomic mass is 32.2. The molecule has 1 aromatic carbocycles. The highest BCUT2D eigenvalue weighted by Crippen LogP contribution is 2.16. The first-order valence-electron chi connectivity index (χ1n) is 4.45. The maximum Gasteiger partial charge on any atom is 0.264 e. The molecule has 0 heterocycles. The van der Waals surface area contributed by atoms with Crippen LogP contribution in [0.2, 0.25) is 0 Å². The predicted octanol–water partition coefficient (Wildman–Crippen LogP) is 1.35. The Morgan fingerprint density at radius 1 is 1.27 bits per heavy atom. The lowest BCUT2D eigenvalue weighted by Gasteiger charge is -2.14. The molecule has 0 fully saturated rings. The summed E-state index contributed by atoms with van der Waals surface area (Å²) in [6, 6.07) is 9.33. The van der Waals surface area contributed by atoms with Gasteiger partial charge in [-0.15, -0.1) is 0 Å². The summed E-state index contributed by atoms with van der Waals surface area (Å²) in [6.45, 7) is -0.000648. The number of benzene rings is 1. The molecule has 0 aliphatic rings. The van der Waals surface area contributed by atoms with Gasteiger partial charge in [-0.3, -0.25) is 4.18 Å². The van der Waals surface area contributed by atoms with E-state index in [0.29, 0.717) is 0 Å². The van der Waals surface area contributed by atoms with Gasteiger partial charge >= 0.3 is 0 Å². The maximum absolute atomic E-state index is 10.8. The van der Waals surface area contributed by atoms with Gasteiger partial charge in [0.05, 0.1) is 12.9 Å². The number of hydrogen-bond acceptors (Lipinski definition) is 4. The van der Waals surface area contributed by atoms with Crippen molar-refractivity contribution in [2.75, 3.05) is 20.0 Å². The van der Waals surface area contributed by atoms with Gasteiger partial charge in [-0.2, -0.15) is 8.42 Å². The average molecular weight is 230 g/mol. The third-order valence-corrected chi connectivity index (χ3v) is 2.45. The number of methoxy groups -OCH3 is 1. The van der Waals surface area contributed by atoms with Gasteiger partial charge in [0, 0.05) is 7.11 Å². The minimum absolute atomic E-state index is 0.000648. The Labute approximate surface area is 90.0 Å². The Morgan fingerprint density at radius 3 is 2.33 bits per heavy atom. The van der Waals surface area contributed by atoms with Crippen LogP contribution in [-0.2, 0) is 19.0 Å². The molecule has 0 amide bonds. The van der Waals surface area contributed by atoms with Crippen molar-refractivity contribution in [2.45, 2.75) is 6.10 Å². The molecular formula is C10H14O4S. The first-order chi connectivity index (χ1) is 7.03. The van der Waals surface area contributed by atoms with Crippen LogP contribution >= 0.6 is 0 Å². The molecular weight excluding hydrogens is 216 g/mol. The van der Waals surface area contributed by atoms with Gasteiger partial charge < -0.3 is 4.74 Å². The minimum Gasteiger partial charge on any atom is -0.374 e. The van der Waals surface area contributed by atoms with Gasteiger partial charge in [0.1, 0.15) is 6.10 Å². The molecule has 0 unspecified atom stereocenters. The minimum atomic E-state index is -3.42. The largest absolute Gasteiger partial charge is 0.374 e. The molecule has 0 saturated carbocycles. The highest BCUT2D eigenvalue weighted by molar-refractivity contribution is 7.85. The molecule has 5 heteroatoms. The van der Waals surface area contributed by atoms with Crippen molar-refractivity contribution in [1.29, 1.82) is 0 Å². The van der Waals surface area contributed by atoms with E-state index in [-0.39, 0.29) is 12.7 Å². The normalized spacial score (nSPS) is 13.7. The molecule has 0 aromatic heterocycles. The molecule has 1 atom stereocenters. The molecule has 1 aromatic rings. The van der Waals surface area contributed by atoms with Crippen molar-refractivity contribution in [3.63, 3.8) is 0 Å². The van der Waals surface area contributed by atoms with Crippen LogP contribution in [-0.4, -0.2) is 28.4 Å². The molecule has 1 rings (SSSR count). The third-order valence-electron chi connectivity index (χ3n) is 1.89. The zero-order valence-electron chi connectivity index (χ0n) is 8.71. The molecule has 0 radical (unpaired) electrons. The molecule has 0 aliphatic heterocycles. The van der Waals surface area contributed by atoms with Crippen LogP contribution in [0.4, 0.5) is 0 Å². The molecule has 0 saturated heterocycles. The van der Waals surface area contributed by atoms with Crippen LogP contribution < -0.4 is 0 Å². The van der Waals surface area contributed by atoms with Gasteiger partial charge in [-0.25, -0.2) is 0 Å². The quantitative estimate of drug-likeness (QED) is 0.716. The Balaban J connectivity index is 2.66. The standard InChI is InChI=1S/C10H14O4S/c1-13-10(8-14-15(2,11)12)9-6-4-3-5-7-9/h3-7,10H,8H2,1-2H3/t10-/m0/s1. The molecule has 0 bridgehead atoms. The van der Waals surface area contributed by atoms with Gasteiger partial charge in [0.15, 0.2) is 0 Å². The van der Waals surface area contributed by atoms with Crippen molar-refractivity contribution in [1.82, 2.24) is 0 Å². The van der Waals surface area contributed by atoms with Gasteiger partial charge in [0.2, 0.25) is 0 Å². The lowest BCUT2D eigenvalue weighted by Crippen LogP contribution is -2.13. The van der Waals surface area contributed by atoms with E-state index < -0.39 is 10.1 Å². The Kier molecular flexibility index (Phi) is 4.26. The summed E-state index contributed by atoms with van der Waals surface area (Å²) in [5, 5.41) is 0. The summed E-state index contributed by atoms with van der Waals surface area (Å²) >= 11 is 0. The van der Waals surface area contributed by atoms with Crippen molar-refractivity contribution in [3.05, 3.63) is 35.9 Å². The van der Waals surface area contributed by atoms with Gasteiger partial charge in [0.25, 0.3) is 10.1 Å². The smallest absolute Gasteiger partial charge is 0.264 e. The monoisotopic (exact) mass is 230 g/mol. The van der Waals surface area contributed by atoms with E-state index in [2.05, 4.69) is 4.18 Å². The van der Waals surface area contributed by atoms with Crippen molar-refractivity contribution < 1.29 is 17.3 Å². The van der Waals surface area contributed by atoms with E-state index in [9.17, 15) is 8.42 Å². The summed E-state index contributed by atoms with van der Waals surface area (Å²) in [4.78, 5) is 0. The first kappa shape index (κ1) is 12.2. The number of ether oxygens (including phenoxy) is 1. The van der Waals surface area contributed by atoms with Crippen LogP contribution in [0.3, 0.4) is 0 Å². The van der Waals surface area contributed by atoms with E-state index in [1.807, 2.05) is 30.3 Å². The molecule has 0 spiro atoms. The van der Waals surface area contributed by atoms with Crippen LogP contribution in [0.5, 0.6) is 0 Å². The van der Waals surface area contributed by atoms with Gasteiger partial charge in [-0.1, -0.05) is 30.3 Å². The lowest BCUT2D eigenvalue weighted by atomic mass is 10.1. The third kappa shape index (κ3) is 4.42. The fourth-order valence-electron chi connectivity index (χ4n) is 1.15. The van der Waals surface area contributed by atoms with E-state index in [0.717, 1.165) is 11.8 Å². The number of hydrogen-bond donors (Lipinski definition) is 0. The fraction of sp³-hybridized carbons (Fsp3) is 0.400. The summed E-state index contributed by atoms with van der Waals surface area (Å²) in [7, 11) is -1.90. The predicted molar refractivity (Wildman–Crippen MR) is 57.0 cm³/mol. The first-order valence-corrected chi connectivity index (χ1v) is 6.26. The fourth-order valence-corrected chi connectivity index (χ4v) is 1.52. The van der Waals surface area contributed by atoms with Crippen molar-refractivity contribution in [2.24, 2.45) is 0 Å². The molecule has 0 aliphatic carbocycles. The zero-order valence-corrected chi connectivity index (χ0v) is 9.53. The van der Waals surface area contributed by atoms with Crippen LogP contribution in [0.15, 0.2) is 30.3 Å². The second-order valence-corrected chi connectivity index (χ2v) is 4.77. The Bertz CT molecular complexity index is 385. The average Bonchev–Trinajstić information content (AvgIpc) is 2.19. The summed E-state index contributed by atoms with van der Waals surface area (Å²) < 4.78 is 31.4. The topological polar surface area (TPSA) is 52.6 Å². The highest BCUT2D eigenvalue weighted by Gasteiger charge is 2.13. The number of rotatable bonds is 5. The summed E-state index contributed by atoms with van der Waals surface area (Å²) in [6.07, 6.45) is 0.658. The van der Waals surface area contributed by atoms with E-state index in [1.54, 1.807) is 0 Å². The summed E-state index contributed by atoms with van der Waals surface area (Å²) in [5.41, 5.74) is 0.892. The second kappa shape index (κ2) is 5.25. The molecule has 15 heavy (non-hydrogen) atoms. The lowest BCUT2D eigenvalue weighted by molar-refractivity contribution is 0.0602. The van der Waals surface area contributed by atoms with Crippen LogP contribution in [0, 0.1) is 0 Å². The Morgan fingerprint density at radius 2 is 1.87 bits per heavy atom. The van der Waals surface area contributed by atoms with Crippen LogP contribution in [0.1, 0.15) is 11.7 Å². The van der Waals surface area contributed by atoms with Gasteiger partial charge in [-0.05, 0) is 5.56 Å². The van der Waals surface area contributed by atoms with E-state index in [1.165, 1.54) is 7.11 Å². The van der Waals surface area contributed by atoms with E-state index in [4.69, 9.17) is 4.74 Å². The van der Waals surface area contributed by atoms with Crippen LogP contribution in [0.25, 0.3) is 0 Å². The zero-order chi connectivity index (χ0) is 11.3. The van der Waals surface area contributed by atoms with Crippen molar-refractivity contribution >= 4 is 10.1 Å². The van der Waals surface area contributed by atoms with Crippen molar-refractivity contribution in [3.8, 4) is 0 Å². The van der Waals surface area contributed by atoms with E-state index >= 15 is 0 Å². The molecule has 4 nitrogen and oxygen atoms in total.